The minimum Gasteiger partial charge on any atom is -0.350 e. The molecule has 3 heteroatoms. The second-order valence-electron chi connectivity index (χ2n) is 4.13. The Morgan fingerprint density at radius 2 is 1.67 bits per heavy atom. The van der Waals surface area contributed by atoms with Crippen molar-refractivity contribution < 1.29 is 9.36 Å². The molecule has 0 saturated heterocycles. The van der Waals surface area contributed by atoms with Crippen molar-refractivity contribution in [3.05, 3.63) is 66.5 Å². The van der Waals surface area contributed by atoms with E-state index in [1.54, 1.807) is 0 Å². The fourth-order valence-electron chi connectivity index (χ4n) is 1.75. The highest BCUT2D eigenvalue weighted by molar-refractivity contribution is 5.74. The fraction of sp³-hybridized carbons (Fsp3) is 0.200. The van der Waals surface area contributed by atoms with Crippen LogP contribution in [0.4, 0.5) is 0 Å². The van der Waals surface area contributed by atoms with Crippen LogP contribution in [0.5, 0.6) is 0 Å². The third kappa shape index (κ3) is 4.01. The van der Waals surface area contributed by atoms with E-state index in [-0.39, 0.29) is 5.91 Å². The molecule has 92 valence electrons. The van der Waals surface area contributed by atoms with Gasteiger partial charge in [-0.2, -0.15) is 4.57 Å². The van der Waals surface area contributed by atoms with E-state index in [0.29, 0.717) is 13.1 Å². The number of hydrogen-bond donors (Lipinski definition) is 1. The minimum absolute atomic E-state index is 0.0436. The van der Waals surface area contributed by atoms with Crippen LogP contribution < -0.4 is 9.88 Å². The summed E-state index contributed by atoms with van der Waals surface area (Å²) in [7, 11) is 0. The maximum atomic E-state index is 11.7. The van der Waals surface area contributed by atoms with Gasteiger partial charge in [-0.05, 0) is 12.0 Å². The van der Waals surface area contributed by atoms with Crippen LogP contribution >= 0.6 is 0 Å². The molecule has 0 unspecified atom stereocenters. The molecule has 3 nitrogen and oxygen atoms in total. The van der Waals surface area contributed by atoms with E-state index in [4.69, 9.17) is 0 Å². The van der Waals surface area contributed by atoms with Crippen molar-refractivity contribution in [1.29, 1.82) is 0 Å². The lowest BCUT2D eigenvalue weighted by atomic mass is 10.1. The Hall–Kier alpha value is -2.16. The van der Waals surface area contributed by atoms with Gasteiger partial charge in [0.25, 0.3) is 5.91 Å². The first kappa shape index (κ1) is 12.3. The summed E-state index contributed by atoms with van der Waals surface area (Å²) in [6.07, 6.45) is 4.64. The molecule has 1 aromatic carbocycles. The average molecular weight is 241 g/mol. The molecule has 1 amide bonds. The van der Waals surface area contributed by atoms with E-state index in [2.05, 4.69) is 17.4 Å². The monoisotopic (exact) mass is 241 g/mol. The highest BCUT2D eigenvalue weighted by Gasteiger charge is 2.06. The van der Waals surface area contributed by atoms with Crippen LogP contribution in [0.25, 0.3) is 0 Å². The fourth-order valence-corrected chi connectivity index (χ4v) is 1.75. The summed E-state index contributed by atoms with van der Waals surface area (Å²) in [5, 5.41) is 2.92. The summed E-state index contributed by atoms with van der Waals surface area (Å²) in [4.78, 5) is 11.7. The van der Waals surface area contributed by atoms with Gasteiger partial charge in [-0.15, -0.1) is 0 Å². The number of nitrogens with one attached hydrogen (secondary N) is 1. The molecule has 0 atom stereocenters. The van der Waals surface area contributed by atoms with E-state index in [1.165, 1.54) is 5.56 Å². The van der Waals surface area contributed by atoms with Gasteiger partial charge in [0.05, 0.1) is 0 Å². The number of aromatic nitrogens is 1. The Morgan fingerprint density at radius 1 is 1.00 bits per heavy atom. The predicted molar refractivity (Wildman–Crippen MR) is 69.8 cm³/mol. The molecule has 0 saturated carbocycles. The van der Waals surface area contributed by atoms with Gasteiger partial charge >= 0.3 is 0 Å². The molecule has 1 N–H and O–H groups in total. The molecule has 2 aromatic rings. The summed E-state index contributed by atoms with van der Waals surface area (Å²) in [5.74, 6) is 0.0436. The number of benzene rings is 1. The molecule has 0 bridgehead atoms. The van der Waals surface area contributed by atoms with E-state index >= 15 is 0 Å². The van der Waals surface area contributed by atoms with Crippen LogP contribution in [0, 0.1) is 0 Å². The largest absolute Gasteiger partial charge is 0.350 e. The van der Waals surface area contributed by atoms with Gasteiger partial charge in [-0.1, -0.05) is 36.4 Å². The van der Waals surface area contributed by atoms with Crippen molar-refractivity contribution >= 4 is 5.91 Å². The van der Waals surface area contributed by atoms with Crippen molar-refractivity contribution in [1.82, 2.24) is 5.32 Å². The van der Waals surface area contributed by atoms with Crippen LogP contribution in [0.3, 0.4) is 0 Å². The van der Waals surface area contributed by atoms with Crippen LogP contribution in [-0.2, 0) is 17.8 Å². The number of rotatable bonds is 5. The number of pyridine rings is 1. The van der Waals surface area contributed by atoms with Crippen LogP contribution in [0.1, 0.15) is 5.56 Å². The summed E-state index contributed by atoms with van der Waals surface area (Å²) in [6.45, 7) is 1.05. The first-order valence-electron chi connectivity index (χ1n) is 6.09. The van der Waals surface area contributed by atoms with Crippen molar-refractivity contribution in [2.24, 2.45) is 0 Å². The minimum atomic E-state index is 0.0436. The molecule has 18 heavy (non-hydrogen) atoms. The first-order valence-corrected chi connectivity index (χ1v) is 6.09. The van der Waals surface area contributed by atoms with E-state index in [0.717, 1.165) is 6.42 Å². The van der Waals surface area contributed by atoms with Crippen molar-refractivity contribution in [2.75, 3.05) is 6.54 Å². The topological polar surface area (TPSA) is 33.0 Å². The second kappa shape index (κ2) is 6.55. The molecule has 0 fully saturated rings. The van der Waals surface area contributed by atoms with Crippen LogP contribution in [0.2, 0.25) is 0 Å². The molecule has 0 aliphatic carbocycles. The van der Waals surface area contributed by atoms with Crippen LogP contribution in [-0.4, -0.2) is 12.5 Å². The number of carbonyl (C=O) groups excluding carboxylic acids is 1. The molecule has 0 spiro atoms. The predicted octanol–water partition coefficient (Wildman–Crippen LogP) is 1.33. The summed E-state index contributed by atoms with van der Waals surface area (Å²) in [6, 6.07) is 15.9. The Morgan fingerprint density at radius 3 is 2.39 bits per heavy atom. The molecule has 2 rings (SSSR count). The standard InChI is InChI=1S/C15H16N2O/c18-15(13-17-11-5-2-6-12-17)16-10-9-14-7-3-1-4-8-14/h1-8,11-12H,9-10,13H2/p+1. The second-order valence-corrected chi connectivity index (χ2v) is 4.13. The SMILES string of the molecule is O=C(C[n+]1ccccc1)NCCc1ccccc1. The number of amides is 1. The zero-order valence-electron chi connectivity index (χ0n) is 10.3. The zero-order valence-corrected chi connectivity index (χ0v) is 10.3. The van der Waals surface area contributed by atoms with E-state index < -0.39 is 0 Å². The molecule has 0 aliphatic rings. The third-order valence-electron chi connectivity index (χ3n) is 2.68. The first-order chi connectivity index (χ1) is 8.84. The van der Waals surface area contributed by atoms with Gasteiger partial charge in [-0.3, -0.25) is 4.79 Å². The molecule has 0 radical (unpaired) electrons. The van der Waals surface area contributed by atoms with Gasteiger partial charge in [0, 0.05) is 18.7 Å². The molecular formula is C15H17N2O+. The van der Waals surface area contributed by atoms with Gasteiger partial charge < -0.3 is 5.32 Å². The zero-order chi connectivity index (χ0) is 12.6. The third-order valence-corrected chi connectivity index (χ3v) is 2.68. The maximum Gasteiger partial charge on any atom is 0.285 e. The lowest BCUT2D eigenvalue weighted by Gasteiger charge is -2.03. The maximum absolute atomic E-state index is 11.7. The summed E-state index contributed by atoms with van der Waals surface area (Å²) >= 11 is 0. The Balaban J connectivity index is 1.73. The molecular weight excluding hydrogens is 224 g/mol. The number of hydrogen-bond acceptors (Lipinski definition) is 1. The smallest absolute Gasteiger partial charge is 0.285 e. The summed E-state index contributed by atoms with van der Waals surface area (Å²) in [5.41, 5.74) is 1.24. The van der Waals surface area contributed by atoms with Gasteiger partial charge in [0.1, 0.15) is 0 Å². The average Bonchev–Trinajstić information content (AvgIpc) is 2.41. The summed E-state index contributed by atoms with van der Waals surface area (Å²) < 4.78 is 1.86. The lowest BCUT2D eigenvalue weighted by Crippen LogP contribution is -2.42. The normalized spacial score (nSPS) is 10.0. The Bertz CT molecular complexity index is 482. The number of nitrogens with zero attached hydrogens (tertiary/aromatic N) is 1. The van der Waals surface area contributed by atoms with Gasteiger partial charge in [0.15, 0.2) is 12.4 Å². The lowest BCUT2D eigenvalue weighted by molar-refractivity contribution is -0.684. The van der Waals surface area contributed by atoms with Crippen molar-refractivity contribution in [3.63, 3.8) is 0 Å². The quantitative estimate of drug-likeness (QED) is 0.787. The van der Waals surface area contributed by atoms with E-state index in [9.17, 15) is 4.79 Å². The van der Waals surface area contributed by atoms with Crippen molar-refractivity contribution in [3.8, 4) is 0 Å². The highest BCUT2D eigenvalue weighted by atomic mass is 16.1. The Labute approximate surface area is 107 Å². The molecule has 0 aliphatic heterocycles. The van der Waals surface area contributed by atoms with Crippen molar-refractivity contribution in [2.45, 2.75) is 13.0 Å². The van der Waals surface area contributed by atoms with Crippen LogP contribution in [0.15, 0.2) is 60.9 Å². The Kier molecular flexibility index (Phi) is 4.47. The van der Waals surface area contributed by atoms with Gasteiger partial charge in [0.2, 0.25) is 6.54 Å². The molecule has 1 aromatic heterocycles. The highest BCUT2D eigenvalue weighted by Crippen LogP contribution is 1.97. The van der Waals surface area contributed by atoms with E-state index in [1.807, 2.05) is 53.4 Å². The molecule has 1 heterocycles. The van der Waals surface area contributed by atoms with Gasteiger partial charge in [-0.25, -0.2) is 0 Å². The number of carbonyl (C=O) groups is 1.